The lowest BCUT2D eigenvalue weighted by Crippen LogP contribution is -2.07. The Morgan fingerprint density at radius 1 is 1.44 bits per heavy atom. The van der Waals surface area contributed by atoms with Crippen LogP contribution in [0.25, 0.3) is 0 Å². The summed E-state index contributed by atoms with van der Waals surface area (Å²) < 4.78 is 5.08. The van der Waals surface area contributed by atoms with Crippen LogP contribution in [0.4, 0.5) is 5.69 Å². The quantitative estimate of drug-likeness (QED) is 0.826. The van der Waals surface area contributed by atoms with Crippen molar-refractivity contribution in [3.8, 4) is 0 Å². The molecule has 0 aromatic carbocycles. The highest BCUT2D eigenvalue weighted by molar-refractivity contribution is 7.07. The number of nitrogens with zero attached hydrogens (tertiary/aromatic N) is 1. The van der Waals surface area contributed by atoms with Gasteiger partial charge in [-0.2, -0.15) is 11.3 Å². The van der Waals surface area contributed by atoms with Gasteiger partial charge in [0.25, 0.3) is 0 Å². The number of nitrogen functional groups attached to an aromatic ring is 1. The summed E-state index contributed by atoms with van der Waals surface area (Å²) in [7, 11) is 0. The van der Waals surface area contributed by atoms with Gasteiger partial charge in [-0.05, 0) is 29.0 Å². The third-order valence-electron chi connectivity index (χ3n) is 1.95. The van der Waals surface area contributed by atoms with Gasteiger partial charge >= 0.3 is 5.97 Å². The number of thiophene rings is 1. The zero-order valence-electron chi connectivity index (χ0n) is 8.42. The van der Waals surface area contributed by atoms with Gasteiger partial charge < -0.3 is 10.5 Å². The molecule has 2 N–H and O–H groups in total. The fourth-order valence-corrected chi connectivity index (χ4v) is 1.78. The van der Waals surface area contributed by atoms with Crippen LogP contribution < -0.4 is 5.73 Å². The molecular formula is C11H10N2O2S. The van der Waals surface area contributed by atoms with Crippen LogP contribution in [0.15, 0.2) is 35.2 Å². The fourth-order valence-electron chi connectivity index (χ4n) is 1.12. The second-order valence-corrected chi connectivity index (χ2v) is 3.96. The van der Waals surface area contributed by atoms with Gasteiger partial charge in [-0.1, -0.05) is 0 Å². The summed E-state index contributed by atoms with van der Waals surface area (Å²) in [6, 6.07) is 5.08. The number of esters is 1. The van der Waals surface area contributed by atoms with E-state index in [0.29, 0.717) is 5.69 Å². The van der Waals surface area contributed by atoms with Crippen molar-refractivity contribution in [2.24, 2.45) is 0 Å². The lowest BCUT2D eigenvalue weighted by atomic mass is 10.3. The number of hydrogen-bond donors (Lipinski definition) is 1. The van der Waals surface area contributed by atoms with Crippen LogP contribution in [0.5, 0.6) is 0 Å². The Morgan fingerprint density at radius 3 is 2.94 bits per heavy atom. The average Bonchev–Trinajstić information content (AvgIpc) is 2.80. The highest BCUT2D eigenvalue weighted by Gasteiger charge is 2.08. The second kappa shape index (κ2) is 4.76. The summed E-state index contributed by atoms with van der Waals surface area (Å²) in [4.78, 5) is 15.4. The minimum absolute atomic E-state index is 0.268. The number of aromatic nitrogens is 1. The van der Waals surface area contributed by atoms with Gasteiger partial charge in [0, 0.05) is 5.56 Å². The fraction of sp³-hybridized carbons (Fsp3) is 0.0909. The highest BCUT2D eigenvalue weighted by Crippen LogP contribution is 2.09. The molecule has 82 valence electrons. The molecule has 16 heavy (non-hydrogen) atoms. The lowest BCUT2D eigenvalue weighted by Gasteiger charge is -2.02. The van der Waals surface area contributed by atoms with E-state index in [1.54, 1.807) is 23.5 Å². The molecule has 0 amide bonds. The Hall–Kier alpha value is -1.88. The molecular weight excluding hydrogens is 224 g/mol. The van der Waals surface area contributed by atoms with E-state index < -0.39 is 5.97 Å². The zero-order chi connectivity index (χ0) is 11.4. The van der Waals surface area contributed by atoms with Gasteiger partial charge in [0.15, 0.2) is 0 Å². The Labute approximate surface area is 96.7 Å². The molecule has 0 fully saturated rings. The third-order valence-corrected chi connectivity index (χ3v) is 2.68. The van der Waals surface area contributed by atoms with Crippen LogP contribution in [-0.2, 0) is 11.3 Å². The first-order chi connectivity index (χ1) is 7.75. The Morgan fingerprint density at radius 2 is 2.31 bits per heavy atom. The maximum atomic E-state index is 11.5. The van der Waals surface area contributed by atoms with Gasteiger partial charge in [-0.25, -0.2) is 9.78 Å². The highest BCUT2D eigenvalue weighted by atomic mass is 32.1. The summed E-state index contributed by atoms with van der Waals surface area (Å²) in [5, 5.41) is 3.87. The minimum Gasteiger partial charge on any atom is -0.456 e. The number of pyridine rings is 1. The van der Waals surface area contributed by atoms with Gasteiger partial charge in [-0.3, -0.25) is 0 Å². The summed E-state index contributed by atoms with van der Waals surface area (Å²) >= 11 is 1.57. The van der Waals surface area contributed by atoms with Crippen molar-refractivity contribution in [1.29, 1.82) is 0 Å². The molecule has 0 spiro atoms. The van der Waals surface area contributed by atoms with Gasteiger partial charge in [0.05, 0.1) is 11.9 Å². The molecule has 0 unspecified atom stereocenters. The molecule has 0 saturated carbocycles. The molecule has 0 atom stereocenters. The summed E-state index contributed by atoms with van der Waals surface area (Å²) in [5.41, 5.74) is 7.24. The minimum atomic E-state index is -0.439. The van der Waals surface area contributed by atoms with E-state index in [2.05, 4.69) is 4.98 Å². The van der Waals surface area contributed by atoms with Crippen LogP contribution in [0.1, 0.15) is 16.1 Å². The van der Waals surface area contributed by atoms with Crippen molar-refractivity contribution >= 4 is 23.0 Å². The Balaban J connectivity index is 1.95. The van der Waals surface area contributed by atoms with E-state index in [9.17, 15) is 4.79 Å². The smallest absolute Gasteiger partial charge is 0.357 e. The normalized spacial score (nSPS) is 10.0. The van der Waals surface area contributed by atoms with Crippen molar-refractivity contribution in [3.05, 3.63) is 46.4 Å². The molecule has 5 heteroatoms. The topological polar surface area (TPSA) is 65.2 Å². The predicted octanol–water partition coefficient (Wildman–Crippen LogP) is 2.08. The van der Waals surface area contributed by atoms with Crippen molar-refractivity contribution in [2.45, 2.75) is 6.61 Å². The van der Waals surface area contributed by atoms with E-state index >= 15 is 0 Å². The van der Waals surface area contributed by atoms with Crippen molar-refractivity contribution in [1.82, 2.24) is 4.98 Å². The van der Waals surface area contributed by atoms with E-state index in [4.69, 9.17) is 10.5 Å². The summed E-state index contributed by atoms with van der Waals surface area (Å²) in [6.45, 7) is 0.272. The molecule has 0 aliphatic carbocycles. The first-order valence-electron chi connectivity index (χ1n) is 4.65. The first kappa shape index (κ1) is 10.6. The number of carbonyl (C=O) groups is 1. The molecule has 0 aliphatic heterocycles. The molecule has 0 bridgehead atoms. The molecule has 0 saturated heterocycles. The molecule has 2 aromatic heterocycles. The standard InChI is InChI=1S/C11H10N2O2S/c12-9-1-2-10(13-5-9)11(14)15-6-8-3-4-16-7-8/h1-5,7H,6,12H2. The van der Waals surface area contributed by atoms with Gasteiger partial charge in [-0.15, -0.1) is 0 Å². The average molecular weight is 234 g/mol. The van der Waals surface area contributed by atoms with E-state index in [1.165, 1.54) is 6.20 Å². The molecule has 0 radical (unpaired) electrons. The number of rotatable bonds is 3. The molecule has 2 heterocycles. The van der Waals surface area contributed by atoms with Gasteiger partial charge in [0.2, 0.25) is 0 Å². The number of hydrogen-bond acceptors (Lipinski definition) is 5. The largest absolute Gasteiger partial charge is 0.456 e. The summed E-state index contributed by atoms with van der Waals surface area (Å²) in [5.74, 6) is -0.439. The van der Waals surface area contributed by atoms with Crippen molar-refractivity contribution < 1.29 is 9.53 Å². The number of anilines is 1. The lowest BCUT2D eigenvalue weighted by molar-refractivity contribution is 0.0466. The molecule has 0 aliphatic rings. The molecule has 2 aromatic rings. The SMILES string of the molecule is Nc1ccc(C(=O)OCc2ccsc2)nc1. The van der Waals surface area contributed by atoms with Crippen LogP contribution in [-0.4, -0.2) is 11.0 Å². The van der Waals surface area contributed by atoms with E-state index in [-0.39, 0.29) is 12.3 Å². The third kappa shape index (κ3) is 2.58. The first-order valence-corrected chi connectivity index (χ1v) is 5.60. The van der Waals surface area contributed by atoms with Crippen molar-refractivity contribution in [3.63, 3.8) is 0 Å². The molecule has 2 rings (SSSR count). The summed E-state index contributed by atoms with van der Waals surface area (Å²) in [6.07, 6.45) is 1.43. The number of ether oxygens (including phenoxy) is 1. The van der Waals surface area contributed by atoms with Crippen LogP contribution >= 0.6 is 11.3 Å². The predicted molar refractivity (Wildman–Crippen MR) is 62.1 cm³/mol. The number of carbonyl (C=O) groups excluding carboxylic acids is 1. The van der Waals surface area contributed by atoms with Crippen LogP contribution in [0.3, 0.4) is 0 Å². The number of nitrogens with two attached hydrogens (primary N) is 1. The monoisotopic (exact) mass is 234 g/mol. The van der Waals surface area contributed by atoms with Gasteiger partial charge in [0.1, 0.15) is 12.3 Å². The second-order valence-electron chi connectivity index (χ2n) is 3.18. The van der Waals surface area contributed by atoms with E-state index in [0.717, 1.165) is 5.56 Å². The maximum absolute atomic E-state index is 11.5. The maximum Gasteiger partial charge on any atom is 0.357 e. The van der Waals surface area contributed by atoms with E-state index in [1.807, 2.05) is 16.8 Å². The Kier molecular flexibility index (Phi) is 3.16. The van der Waals surface area contributed by atoms with Crippen LogP contribution in [0.2, 0.25) is 0 Å². The van der Waals surface area contributed by atoms with Crippen molar-refractivity contribution in [2.75, 3.05) is 5.73 Å². The molecule has 4 nitrogen and oxygen atoms in total. The zero-order valence-corrected chi connectivity index (χ0v) is 9.24. The Bertz CT molecular complexity index is 465. The van der Waals surface area contributed by atoms with Crippen LogP contribution in [0, 0.1) is 0 Å².